The zero-order valence-corrected chi connectivity index (χ0v) is 15.0. The lowest BCUT2D eigenvalue weighted by atomic mass is 9.83. The summed E-state index contributed by atoms with van der Waals surface area (Å²) >= 11 is 0. The first-order valence-electron chi connectivity index (χ1n) is 9.29. The van der Waals surface area contributed by atoms with Crippen LogP contribution in [0.1, 0.15) is 24.1 Å². The van der Waals surface area contributed by atoms with E-state index in [9.17, 15) is 0 Å². The Labute approximate surface area is 152 Å². The van der Waals surface area contributed by atoms with E-state index in [1.165, 1.54) is 22.2 Å². The van der Waals surface area contributed by atoms with Crippen molar-refractivity contribution in [3.05, 3.63) is 47.8 Å². The Hall–Kier alpha value is -2.60. The number of anilines is 2. The topological polar surface area (TPSA) is 66.1 Å². The lowest BCUT2D eigenvalue weighted by molar-refractivity contribution is -0.0791. The van der Waals surface area contributed by atoms with Gasteiger partial charge in [0, 0.05) is 37.2 Å². The number of fused-ring (bicyclic) bond motifs is 4. The predicted molar refractivity (Wildman–Crippen MR) is 103 cm³/mol. The second kappa shape index (κ2) is 5.99. The standard InChI is InChI=1S/C20H23N5O/c1-21-17-6-10-22-19(24-17)25-11-8-20(9-12-25)18-15(7-13-26-20)14-4-2-3-5-16(14)23-18/h2-6,10,23H,7-9,11-13H2,1H3,(H,21,22,24). The second-order valence-corrected chi connectivity index (χ2v) is 7.10. The lowest BCUT2D eigenvalue weighted by Crippen LogP contribution is -2.47. The number of hydrogen-bond donors (Lipinski definition) is 2. The summed E-state index contributed by atoms with van der Waals surface area (Å²) in [6.45, 7) is 2.57. The molecule has 1 fully saturated rings. The number of aromatic nitrogens is 3. The van der Waals surface area contributed by atoms with Gasteiger partial charge in [0.2, 0.25) is 5.95 Å². The molecule has 134 valence electrons. The molecule has 2 aliphatic heterocycles. The van der Waals surface area contributed by atoms with Crippen molar-refractivity contribution in [2.24, 2.45) is 0 Å². The number of aromatic amines is 1. The first-order valence-corrected chi connectivity index (χ1v) is 9.29. The van der Waals surface area contributed by atoms with Gasteiger partial charge in [-0.05, 0) is 37.0 Å². The Kier molecular flexibility index (Phi) is 3.60. The molecular formula is C20H23N5O. The Balaban J connectivity index is 1.44. The minimum absolute atomic E-state index is 0.205. The molecule has 0 bridgehead atoms. The summed E-state index contributed by atoms with van der Waals surface area (Å²) in [6, 6.07) is 10.5. The molecule has 2 N–H and O–H groups in total. The minimum Gasteiger partial charge on any atom is -0.373 e. The molecule has 4 heterocycles. The van der Waals surface area contributed by atoms with E-state index < -0.39 is 0 Å². The number of nitrogens with zero attached hydrogens (tertiary/aromatic N) is 3. The largest absolute Gasteiger partial charge is 0.373 e. The highest BCUT2D eigenvalue weighted by atomic mass is 16.5. The van der Waals surface area contributed by atoms with Crippen LogP contribution >= 0.6 is 0 Å². The molecule has 6 nitrogen and oxygen atoms in total. The first-order chi connectivity index (χ1) is 12.8. The number of benzene rings is 1. The van der Waals surface area contributed by atoms with E-state index in [0.717, 1.165) is 50.7 Å². The van der Waals surface area contributed by atoms with Crippen molar-refractivity contribution in [3.63, 3.8) is 0 Å². The molecule has 1 aromatic carbocycles. The third-order valence-electron chi connectivity index (χ3n) is 5.75. The van der Waals surface area contributed by atoms with Gasteiger partial charge in [0.15, 0.2) is 0 Å². The smallest absolute Gasteiger partial charge is 0.227 e. The van der Waals surface area contributed by atoms with Gasteiger partial charge in [-0.15, -0.1) is 0 Å². The van der Waals surface area contributed by atoms with Crippen LogP contribution in [0.2, 0.25) is 0 Å². The summed E-state index contributed by atoms with van der Waals surface area (Å²) in [7, 11) is 1.88. The van der Waals surface area contributed by atoms with Crippen LogP contribution in [0.4, 0.5) is 11.8 Å². The third-order valence-corrected chi connectivity index (χ3v) is 5.75. The molecule has 5 rings (SSSR count). The van der Waals surface area contributed by atoms with Gasteiger partial charge in [-0.3, -0.25) is 0 Å². The number of rotatable bonds is 2. The highest BCUT2D eigenvalue weighted by Crippen LogP contribution is 2.43. The third kappa shape index (κ3) is 2.36. The molecule has 1 saturated heterocycles. The number of ether oxygens (including phenoxy) is 1. The monoisotopic (exact) mass is 349 g/mol. The van der Waals surface area contributed by atoms with Gasteiger partial charge in [-0.2, -0.15) is 4.98 Å². The minimum atomic E-state index is -0.205. The fourth-order valence-corrected chi connectivity index (χ4v) is 4.37. The fraction of sp³-hybridized carbons (Fsp3) is 0.400. The highest BCUT2D eigenvalue weighted by molar-refractivity contribution is 5.85. The van der Waals surface area contributed by atoms with Crippen molar-refractivity contribution in [2.45, 2.75) is 24.9 Å². The molecule has 2 aliphatic rings. The maximum Gasteiger partial charge on any atom is 0.227 e. The normalized spacial score (nSPS) is 18.9. The van der Waals surface area contributed by atoms with Crippen molar-refractivity contribution in [1.82, 2.24) is 15.0 Å². The van der Waals surface area contributed by atoms with Crippen LogP contribution in [0.15, 0.2) is 36.5 Å². The molecule has 3 aromatic rings. The number of nitrogens with one attached hydrogen (secondary N) is 2. The molecule has 0 atom stereocenters. The van der Waals surface area contributed by atoms with Crippen LogP contribution in [-0.4, -0.2) is 41.7 Å². The molecule has 0 unspecified atom stereocenters. The Morgan fingerprint density at radius 1 is 1.19 bits per heavy atom. The van der Waals surface area contributed by atoms with Crippen molar-refractivity contribution in [1.29, 1.82) is 0 Å². The zero-order valence-electron chi connectivity index (χ0n) is 15.0. The summed E-state index contributed by atoms with van der Waals surface area (Å²) < 4.78 is 6.38. The molecule has 0 amide bonds. The fourth-order valence-electron chi connectivity index (χ4n) is 4.37. The van der Waals surface area contributed by atoms with E-state index in [1.807, 2.05) is 19.3 Å². The van der Waals surface area contributed by atoms with Crippen LogP contribution in [0, 0.1) is 0 Å². The van der Waals surface area contributed by atoms with E-state index in [2.05, 4.69) is 49.4 Å². The van der Waals surface area contributed by atoms with Crippen molar-refractivity contribution < 1.29 is 4.74 Å². The summed E-state index contributed by atoms with van der Waals surface area (Å²) in [6.07, 6.45) is 4.68. The van der Waals surface area contributed by atoms with Gasteiger partial charge >= 0.3 is 0 Å². The van der Waals surface area contributed by atoms with E-state index >= 15 is 0 Å². The molecule has 0 saturated carbocycles. The second-order valence-electron chi connectivity index (χ2n) is 7.10. The number of hydrogen-bond acceptors (Lipinski definition) is 5. The number of para-hydroxylation sites is 1. The SMILES string of the molecule is CNc1ccnc(N2CCC3(CC2)OCCc2c3[nH]c3ccccc23)n1. The van der Waals surface area contributed by atoms with E-state index in [1.54, 1.807) is 0 Å². The molecule has 26 heavy (non-hydrogen) atoms. The lowest BCUT2D eigenvalue weighted by Gasteiger charge is -2.43. The maximum atomic E-state index is 6.38. The van der Waals surface area contributed by atoms with Gasteiger partial charge in [0.25, 0.3) is 0 Å². The summed E-state index contributed by atoms with van der Waals surface area (Å²) in [5.41, 5.74) is 3.74. The number of H-pyrrole nitrogens is 1. The molecule has 2 aromatic heterocycles. The highest BCUT2D eigenvalue weighted by Gasteiger charge is 2.43. The van der Waals surface area contributed by atoms with Crippen molar-refractivity contribution >= 4 is 22.7 Å². The van der Waals surface area contributed by atoms with Crippen molar-refractivity contribution in [3.8, 4) is 0 Å². The summed E-state index contributed by atoms with van der Waals surface area (Å²) in [4.78, 5) is 15.0. The van der Waals surface area contributed by atoms with E-state index in [4.69, 9.17) is 4.74 Å². The number of piperidine rings is 1. The molecule has 6 heteroatoms. The van der Waals surface area contributed by atoms with Crippen LogP contribution in [-0.2, 0) is 16.8 Å². The first kappa shape index (κ1) is 15.6. The van der Waals surface area contributed by atoms with Crippen LogP contribution in [0.25, 0.3) is 10.9 Å². The zero-order chi connectivity index (χ0) is 17.6. The quantitative estimate of drug-likeness (QED) is 0.744. The average Bonchev–Trinajstić information content (AvgIpc) is 3.09. The average molecular weight is 349 g/mol. The van der Waals surface area contributed by atoms with Gasteiger partial charge in [-0.1, -0.05) is 18.2 Å². The molecular weight excluding hydrogens is 326 g/mol. The van der Waals surface area contributed by atoms with Gasteiger partial charge < -0.3 is 19.9 Å². The molecule has 0 aliphatic carbocycles. The van der Waals surface area contributed by atoms with Crippen LogP contribution in [0.5, 0.6) is 0 Å². The van der Waals surface area contributed by atoms with E-state index in [0.29, 0.717) is 0 Å². The van der Waals surface area contributed by atoms with Crippen LogP contribution < -0.4 is 10.2 Å². The van der Waals surface area contributed by atoms with E-state index in [-0.39, 0.29) is 5.60 Å². The Morgan fingerprint density at radius 3 is 2.88 bits per heavy atom. The predicted octanol–water partition coefficient (Wildman–Crippen LogP) is 3.07. The van der Waals surface area contributed by atoms with Gasteiger partial charge in [-0.25, -0.2) is 4.98 Å². The van der Waals surface area contributed by atoms with Crippen LogP contribution in [0.3, 0.4) is 0 Å². The summed E-state index contributed by atoms with van der Waals surface area (Å²) in [5, 5.41) is 4.43. The molecule has 0 radical (unpaired) electrons. The summed E-state index contributed by atoms with van der Waals surface area (Å²) in [5.74, 6) is 1.64. The van der Waals surface area contributed by atoms with Gasteiger partial charge in [0.05, 0.1) is 12.3 Å². The van der Waals surface area contributed by atoms with Gasteiger partial charge in [0.1, 0.15) is 11.4 Å². The maximum absolute atomic E-state index is 6.38. The Bertz CT molecular complexity index is 942. The molecule has 1 spiro atoms. The Morgan fingerprint density at radius 2 is 2.04 bits per heavy atom. The van der Waals surface area contributed by atoms with Crippen molar-refractivity contribution in [2.75, 3.05) is 37.0 Å².